The second-order valence-corrected chi connectivity index (χ2v) is 7.94. The Bertz CT molecular complexity index is 1130. The fourth-order valence-corrected chi connectivity index (χ4v) is 4.27. The molecule has 1 aromatic heterocycles. The van der Waals surface area contributed by atoms with Gasteiger partial charge in [0.25, 0.3) is 0 Å². The third kappa shape index (κ3) is 3.21. The van der Waals surface area contributed by atoms with Crippen LogP contribution in [0, 0.1) is 0 Å². The van der Waals surface area contributed by atoms with Crippen molar-refractivity contribution >= 4 is 23.2 Å². The molecule has 0 bridgehead atoms. The van der Waals surface area contributed by atoms with Crippen molar-refractivity contribution in [3.63, 3.8) is 0 Å². The van der Waals surface area contributed by atoms with E-state index in [4.69, 9.17) is 16.6 Å². The lowest BCUT2D eigenvalue weighted by Gasteiger charge is -2.34. The molecule has 0 aliphatic carbocycles. The number of hydrogen-bond donors (Lipinski definition) is 0. The van der Waals surface area contributed by atoms with Gasteiger partial charge in [-0.3, -0.25) is 9.79 Å². The van der Waals surface area contributed by atoms with Crippen molar-refractivity contribution in [1.82, 2.24) is 15.1 Å². The van der Waals surface area contributed by atoms with Gasteiger partial charge >= 0.3 is 0 Å². The predicted octanol–water partition coefficient (Wildman–Crippen LogP) is 4.13. The predicted molar refractivity (Wildman–Crippen MR) is 112 cm³/mol. The van der Waals surface area contributed by atoms with Gasteiger partial charge in [-0.1, -0.05) is 29.8 Å². The van der Waals surface area contributed by atoms with Gasteiger partial charge in [-0.05, 0) is 53.4 Å². The summed E-state index contributed by atoms with van der Waals surface area (Å²) in [4.78, 5) is 19.5. The third-order valence-electron chi connectivity index (χ3n) is 5.77. The molecule has 144 valence electrons. The molecule has 0 saturated carbocycles. The summed E-state index contributed by atoms with van der Waals surface area (Å²) in [5.41, 5.74) is 7.59. The lowest BCUT2D eigenvalue weighted by atomic mass is 9.90. The zero-order valence-corrected chi connectivity index (χ0v) is 16.7. The van der Waals surface area contributed by atoms with Crippen LogP contribution in [-0.2, 0) is 24.3 Å². The summed E-state index contributed by atoms with van der Waals surface area (Å²) in [5.74, 6) is 0.150. The molecule has 2 aliphatic heterocycles. The van der Waals surface area contributed by atoms with Gasteiger partial charge in [0, 0.05) is 22.7 Å². The molecule has 2 aromatic carbocycles. The van der Waals surface area contributed by atoms with Gasteiger partial charge in [0.1, 0.15) is 0 Å². The molecule has 5 rings (SSSR count). The smallest absolute Gasteiger partial charge is 0.227 e. The van der Waals surface area contributed by atoms with Crippen LogP contribution in [0.25, 0.3) is 0 Å². The number of carbonyl (C=O) groups excluding carboxylic acids is 1. The van der Waals surface area contributed by atoms with Gasteiger partial charge in [0.2, 0.25) is 5.91 Å². The molecule has 0 N–H and O–H groups in total. The molecule has 1 amide bonds. The zero-order valence-electron chi connectivity index (χ0n) is 16.0. The average molecular weight is 403 g/mol. The molecule has 3 heterocycles. The SMILES string of the molecule is C[C@H](c1ccc(Cl)cc1)N1Cc2cc3c(cc2CC1=O)CN=C3c1ccnnc1. The van der Waals surface area contributed by atoms with E-state index < -0.39 is 0 Å². The first-order chi connectivity index (χ1) is 14.1. The number of halogens is 1. The van der Waals surface area contributed by atoms with Crippen molar-refractivity contribution < 1.29 is 4.79 Å². The number of rotatable bonds is 3. The van der Waals surface area contributed by atoms with Gasteiger partial charge < -0.3 is 4.90 Å². The molecular formula is C23H19ClN4O. The zero-order chi connectivity index (χ0) is 20.0. The Hall–Kier alpha value is -3.05. The molecule has 0 spiro atoms. The Morgan fingerprint density at radius 3 is 2.62 bits per heavy atom. The van der Waals surface area contributed by atoms with E-state index in [2.05, 4.69) is 29.3 Å². The summed E-state index contributed by atoms with van der Waals surface area (Å²) in [6, 6.07) is 14.0. The molecule has 0 saturated heterocycles. The van der Waals surface area contributed by atoms with Crippen LogP contribution in [-0.4, -0.2) is 26.7 Å². The number of amides is 1. The first-order valence-corrected chi connectivity index (χ1v) is 9.99. The monoisotopic (exact) mass is 402 g/mol. The number of nitrogens with zero attached hydrogens (tertiary/aromatic N) is 4. The quantitative estimate of drug-likeness (QED) is 0.662. The highest BCUT2D eigenvalue weighted by molar-refractivity contribution is 6.30. The average Bonchev–Trinajstić information content (AvgIpc) is 3.15. The largest absolute Gasteiger partial charge is 0.331 e. The molecular weight excluding hydrogens is 384 g/mol. The van der Waals surface area contributed by atoms with Crippen LogP contribution < -0.4 is 0 Å². The molecule has 29 heavy (non-hydrogen) atoms. The van der Waals surface area contributed by atoms with Crippen LogP contribution in [0.5, 0.6) is 0 Å². The van der Waals surface area contributed by atoms with E-state index >= 15 is 0 Å². The van der Waals surface area contributed by atoms with E-state index in [1.807, 2.05) is 35.2 Å². The number of carbonyl (C=O) groups is 1. The van der Waals surface area contributed by atoms with Crippen molar-refractivity contribution in [3.05, 3.63) is 93.3 Å². The lowest BCUT2D eigenvalue weighted by molar-refractivity contribution is -0.134. The normalized spacial score (nSPS) is 16.3. The van der Waals surface area contributed by atoms with Gasteiger partial charge in [-0.25, -0.2) is 0 Å². The molecule has 3 aromatic rings. The Morgan fingerprint density at radius 2 is 1.86 bits per heavy atom. The van der Waals surface area contributed by atoms with E-state index in [0.717, 1.165) is 28.0 Å². The Kier molecular flexibility index (Phi) is 4.40. The molecule has 0 radical (unpaired) electrons. The van der Waals surface area contributed by atoms with Crippen LogP contribution in [0.3, 0.4) is 0 Å². The maximum absolute atomic E-state index is 12.9. The Balaban J connectivity index is 1.47. The van der Waals surface area contributed by atoms with Gasteiger partial charge in [-0.2, -0.15) is 10.2 Å². The molecule has 0 fully saturated rings. The highest BCUT2D eigenvalue weighted by Gasteiger charge is 2.30. The fourth-order valence-electron chi connectivity index (χ4n) is 4.14. The summed E-state index contributed by atoms with van der Waals surface area (Å²) < 4.78 is 0. The van der Waals surface area contributed by atoms with E-state index in [-0.39, 0.29) is 11.9 Å². The van der Waals surface area contributed by atoms with E-state index in [1.165, 1.54) is 11.1 Å². The fraction of sp³-hybridized carbons (Fsp3) is 0.217. The van der Waals surface area contributed by atoms with Crippen molar-refractivity contribution in [2.24, 2.45) is 4.99 Å². The van der Waals surface area contributed by atoms with Crippen LogP contribution >= 0.6 is 11.6 Å². The highest BCUT2D eigenvalue weighted by atomic mass is 35.5. The minimum Gasteiger partial charge on any atom is -0.331 e. The van der Waals surface area contributed by atoms with Crippen LogP contribution in [0.2, 0.25) is 5.02 Å². The first-order valence-electron chi connectivity index (χ1n) is 9.61. The topological polar surface area (TPSA) is 58.5 Å². The molecule has 2 aliphatic rings. The number of aromatic nitrogens is 2. The van der Waals surface area contributed by atoms with Crippen LogP contribution in [0.4, 0.5) is 0 Å². The summed E-state index contributed by atoms with van der Waals surface area (Å²) >= 11 is 6.02. The maximum Gasteiger partial charge on any atom is 0.227 e. The molecule has 6 heteroatoms. The van der Waals surface area contributed by atoms with E-state index in [9.17, 15) is 4.79 Å². The third-order valence-corrected chi connectivity index (χ3v) is 6.02. The van der Waals surface area contributed by atoms with Crippen molar-refractivity contribution in [3.8, 4) is 0 Å². The Labute approximate surface area is 174 Å². The van der Waals surface area contributed by atoms with Crippen molar-refractivity contribution in [2.75, 3.05) is 0 Å². The van der Waals surface area contributed by atoms with Crippen molar-refractivity contribution in [1.29, 1.82) is 0 Å². The number of aliphatic imine (C=N–C) groups is 1. The van der Waals surface area contributed by atoms with Crippen LogP contribution in [0.15, 0.2) is 59.9 Å². The number of hydrogen-bond acceptors (Lipinski definition) is 4. The Morgan fingerprint density at radius 1 is 1.03 bits per heavy atom. The van der Waals surface area contributed by atoms with E-state index in [1.54, 1.807) is 12.4 Å². The standard InChI is InChI=1S/C23H19ClN4O/c1-14(15-2-4-20(24)5-3-15)28-13-19-9-21-18(8-17(19)10-22(28)29)11-25-23(21)16-6-7-26-27-12-16/h2-9,12,14H,10-11,13H2,1H3/t14-/m1/s1. The summed E-state index contributed by atoms with van der Waals surface area (Å²) in [6.45, 7) is 3.29. The molecule has 0 unspecified atom stereocenters. The minimum absolute atomic E-state index is 0.0151. The molecule has 1 atom stereocenters. The van der Waals surface area contributed by atoms with E-state index in [0.29, 0.717) is 24.5 Å². The first kappa shape index (κ1) is 18.0. The molecule has 5 nitrogen and oxygen atoms in total. The number of fused-ring (bicyclic) bond motifs is 2. The van der Waals surface area contributed by atoms with Crippen LogP contribution in [0.1, 0.15) is 46.3 Å². The summed E-state index contributed by atoms with van der Waals surface area (Å²) in [5, 5.41) is 8.54. The lowest BCUT2D eigenvalue weighted by Crippen LogP contribution is -2.38. The maximum atomic E-state index is 12.9. The minimum atomic E-state index is -0.0151. The second kappa shape index (κ2) is 7.08. The number of benzene rings is 2. The van der Waals surface area contributed by atoms with Gasteiger partial charge in [0.05, 0.1) is 37.1 Å². The van der Waals surface area contributed by atoms with Crippen molar-refractivity contribution in [2.45, 2.75) is 32.5 Å². The summed E-state index contributed by atoms with van der Waals surface area (Å²) in [6.07, 6.45) is 3.85. The second-order valence-electron chi connectivity index (χ2n) is 7.50. The summed E-state index contributed by atoms with van der Waals surface area (Å²) in [7, 11) is 0. The van der Waals surface area contributed by atoms with Gasteiger partial charge in [-0.15, -0.1) is 0 Å². The van der Waals surface area contributed by atoms with Gasteiger partial charge in [0.15, 0.2) is 0 Å². The highest BCUT2D eigenvalue weighted by Crippen LogP contribution is 2.33.